The van der Waals surface area contributed by atoms with Gasteiger partial charge in [-0.05, 0) is 32.1 Å². The van der Waals surface area contributed by atoms with E-state index < -0.39 is 12.1 Å². The van der Waals surface area contributed by atoms with Crippen LogP contribution in [0.5, 0.6) is 0 Å². The van der Waals surface area contributed by atoms with Crippen LogP contribution in [0.4, 0.5) is 4.39 Å². The fourth-order valence-corrected chi connectivity index (χ4v) is 3.07. The number of amides is 2. The van der Waals surface area contributed by atoms with Crippen molar-refractivity contribution in [3.05, 3.63) is 11.6 Å². The van der Waals surface area contributed by atoms with Gasteiger partial charge in [0.1, 0.15) is 6.17 Å². The van der Waals surface area contributed by atoms with Crippen molar-refractivity contribution >= 4 is 11.8 Å². The summed E-state index contributed by atoms with van der Waals surface area (Å²) in [5, 5.41) is 2.88. The van der Waals surface area contributed by atoms with Gasteiger partial charge in [-0.25, -0.2) is 4.39 Å². The van der Waals surface area contributed by atoms with E-state index in [-0.39, 0.29) is 25.0 Å². The van der Waals surface area contributed by atoms with Crippen LogP contribution in [0.2, 0.25) is 0 Å². The van der Waals surface area contributed by atoms with Crippen molar-refractivity contribution in [2.24, 2.45) is 5.73 Å². The first-order valence-corrected chi connectivity index (χ1v) is 7.70. The summed E-state index contributed by atoms with van der Waals surface area (Å²) in [5.41, 5.74) is 6.01. The first-order chi connectivity index (χ1) is 10.1. The second-order valence-corrected chi connectivity index (χ2v) is 5.92. The predicted molar refractivity (Wildman–Crippen MR) is 78.2 cm³/mol. The van der Waals surface area contributed by atoms with E-state index in [0.717, 1.165) is 37.7 Å². The summed E-state index contributed by atoms with van der Waals surface area (Å²) < 4.78 is 13.5. The monoisotopic (exact) mass is 297 g/mol. The van der Waals surface area contributed by atoms with Crippen LogP contribution in [-0.2, 0) is 9.59 Å². The van der Waals surface area contributed by atoms with E-state index in [2.05, 4.69) is 5.32 Å². The predicted octanol–water partition coefficient (Wildman–Crippen LogP) is 0.891. The number of hydrogen-bond donors (Lipinski definition) is 2. The lowest BCUT2D eigenvalue weighted by Crippen LogP contribution is -2.43. The summed E-state index contributed by atoms with van der Waals surface area (Å²) in [6, 6.07) is -0.150. The third-order valence-corrected chi connectivity index (χ3v) is 4.17. The average Bonchev–Trinajstić information content (AvgIpc) is 2.66. The Morgan fingerprint density at radius 3 is 2.95 bits per heavy atom. The van der Waals surface area contributed by atoms with E-state index in [4.69, 9.17) is 5.73 Å². The topological polar surface area (TPSA) is 75.4 Å². The molecule has 6 heteroatoms. The van der Waals surface area contributed by atoms with Gasteiger partial charge in [0.15, 0.2) is 0 Å². The lowest BCUT2D eigenvalue weighted by Gasteiger charge is -2.22. The molecule has 1 fully saturated rings. The summed E-state index contributed by atoms with van der Waals surface area (Å²) in [6.45, 7) is 0.625. The number of nitrogens with one attached hydrogen (secondary N) is 1. The van der Waals surface area contributed by atoms with Crippen LogP contribution >= 0.6 is 0 Å². The molecule has 0 saturated carbocycles. The maximum Gasteiger partial charge on any atom is 0.246 e. The Morgan fingerprint density at radius 2 is 2.19 bits per heavy atom. The number of hydrogen-bond acceptors (Lipinski definition) is 3. The molecule has 0 aromatic heterocycles. The number of halogens is 1. The molecule has 2 atom stereocenters. The Kier molecular flexibility index (Phi) is 5.73. The van der Waals surface area contributed by atoms with Crippen LogP contribution in [0.3, 0.4) is 0 Å². The van der Waals surface area contributed by atoms with Crippen LogP contribution in [0.25, 0.3) is 0 Å². The van der Waals surface area contributed by atoms with E-state index in [0.29, 0.717) is 13.0 Å². The average molecular weight is 297 g/mol. The van der Waals surface area contributed by atoms with Crippen LogP contribution in [0.1, 0.15) is 38.5 Å². The van der Waals surface area contributed by atoms with Gasteiger partial charge in [0.2, 0.25) is 11.8 Å². The molecule has 1 saturated heterocycles. The normalized spacial score (nSPS) is 27.0. The standard InChI is InChI=1S/C15H24FN3O2/c16-12-7-13(19(9-12)10-14(17)20)8-18-15(21)11-5-3-1-2-4-6-11/h5,12-13H,1-4,6-10H2,(H2,17,20)(H,18,21)/t12-,13-/m0/s1. The molecule has 1 aliphatic carbocycles. The highest BCUT2D eigenvalue weighted by atomic mass is 19.1. The van der Waals surface area contributed by atoms with E-state index in [1.54, 1.807) is 4.90 Å². The van der Waals surface area contributed by atoms with Crippen molar-refractivity contribution in [3.63, 3.8) is 0 Å². The van der Waals surface area contributed by atoms with Gasteiger partial charge in [-0.3, -0.25) is 14.5 Å². The van der Waals surface area contributed by atoms with Gasteiger partial charge in [-0.15, -0.1) is 0 Å². The van der Waals surface area contributed by atoms with Crippen molar-refractivity contribution in [2.45, 2.75) is 50.7 Å². The Balaban J connectivity index is 1.84. The summed E-state index contributed by atoms with van der Waals surface area (Å²) in [6.07, 6.45) is 6.50. The molecular weight excluding hydrogens is 273 g/mol. The number of nitrogens with two attached hydrogens (primary N) is 1. The first-order valence-electron chi connectivity index (χ1n) is 7.70. The van der Waals surface area contributed by atoms with Crippen molar-refractivity contribution in [1.29, 1.82) is 0 Å². The van der Waals surface area contributed by atoms with Crippen molar-refractivity contribution in [1.82, 2.24) is 10.2 Å². The second kappa shape index (κ2) is 7.54. The maximum absolute atomic E-state index is 13.5. The number of rotatable bonds is 5. The number of nitrogens with zero attached hydrogens (tertiary/aromatic N) is 1. The van der Waals surface area contributed by atoms with E-state index in [9.17, 15) is 14.0 Å². The zero-order valence-corrected chi connectivity index (χ0v) is 12.3. The number of alkyl halides is 1. The van der Waals surface area contributed by atoms with Gasteiger partial charge in [0.05, 0.1) is 6.54 Å². The Morgan fingerprint density at radius 1 is 1.38 bits per heavy atom. The first kappa shape index (κ1) is 15.9. The largest absolute Gasteiger partial charge is 0.369 e. The number of carbonyl (C=O) groups is 2. The summed E-state index contributed by atoms with van der Waals surface area (Å²) >= 11 is 0. The number of allylic oxidation sites excluding steroid dienone is 1. The minimum absolute atomic E-state index is 0.0453. The van der Waals surface area contributed by atoms with Crippen LogP contribution < -0.4 is 11.1 Å². The molecule has 2 rings (SSSR count). The molecule has 0 spiro atoms. The molecule has 21 heavy (non-hydrogen) atoms. The minimum Gasteiger partial charge on any atom is -0.369 e. The van der Waals surface area contributed by atoms with E-state index >= 15 is 0 Å². The minimum atomic E-state index is -0.955. The zero-order chi connectivity index (χ0) is 15.2. The molecule has 0 bridgehead atoms. The second-order valence-electron chi connectivity index (χ2n) is 5.92. The zero-order valence-electron chi connectivity index (χ0n) is 12.3. The van der Waals surface area contributed by atoms with E-state index in [1.807, 2.05) is 6.08 Å². The van der Waals surface area contributed by atoms with Gasteiger partial charge >= 0.3 is 0 Å². The smallest absolute Gasteiger partial charge is 0.246 e. The van der Waals surface area contributed by atoms with Gasteiger partial charge < -0.3 is 11.1 Å². The third-order valence-electron chi connectivity index (χ3n) is 4.17. The van der Waals surface area contributed by atoms with Gasteiger partial charge in [0.25, 0.3) is 0 Å². The van der Waals surface area contributed by atoms with Crippen LogP contribution in [-0.4, -0.2) is 48.6 Å². The highest BCUT2D eigenvalue weighted by molar-refractivity contribution is 5.93. The lowest BCUT2D eigenvalue weighted by molar-refractivity contribution is -0.119. The number of carbonyl (C=O) groups excluding carboxylic acids is 2. The van der Waals surface area contributed by atoms with E-state index in [1.165, 1.54) is 0 Å². The van der Waals surface area contributed by atoms with Gasteiger partial charge in [0, 0.05) is 24.7 Å². The molecule has 0 radical (unpaired) electrons. The fourth-order valence-electron chi connectivity index (χ4n) is 3.07. The lowest BCUT2D eigenvalue weighted by atomic mass is 10.1. The fraction of sp³-hybridized carbons (Fsp3) is 0.733. The molecule has 1 aliphatic heterocycles. The highest BCUT2D eigenvalue weighted by Gasteiger charge is 2.33. The van der Waals surface area contributed by atoms with Gasteiger partial charge in [-0.1, -0.05) is 12.5 Å². The number of primary amides is 1. The summed E-state index contributed by atoms with van der Waals surface area (Å²) in [7, 11) is 0. The maximum atomic E-state index is 13.5. The molecule has 0 aromatic rings. The van der Waals surface area contributed by atoms with Gasteiger partial charge in [-0.2, -0.15) is 0 Å². The molecule has 0 aromatic carbocycles. The van der Waals surface area contributed by atoms with Crippen molar-refractivity contribution in [3.8, 4) is 0 Å². The Bertz CT molecular complexity index is 425. The van der Waals surface area contributed by atoms with Crippen LogP contribution in [0.15, 0.2) is 11.6 Å². The number of likely N-dealkylation sites (tertiary alicyclic amines) is 1. The van der Waals surface area contributed by atoms with Crippen molar-refractivity contribution < 1.29 is 14.0 Å². The molecule has 0 unspecified atom stereocenters. The molecule has 5 nitrogen and oxygen atoms in total. The molecule has 2 amide bonds. The quantitative estimate of drug-likeness (QED) is 0.791. The SMILES string of the molecule is NC(=O)CN1C[C@@H](F)C[C@H]1CNC(=O)C1=CCCCCC1. The highest BCUT2D eigenvalue weighted by Crippen LogP contribution is 2.20. The molecular formula is C15H24FN3O2. The Labute approximate surface area is 124 Å². The summed E-state index contributed by atoms with van der Waals surface area (Å²) in [5.74, 6) is -0.523. The summed E-state index contributed by atoms with van der Waals surface area (Å²) in [4.78, 5) is 24.8. The Hall–Kier alpha value is -1.43. The molecule has 3 N–H and O–H groups in total. The van der Waals surface area contributed by atoms with Crippen LogP contribution in [0, 0.1) is 0 Å². The molecule has 118 valence electrons. The van der Waals surface area contributed by atoms with Crippen molar-refractivity contribution in [2.75, 3.05) is 19.6 Å². The third kappa shape index (κ3) is 4.81. The molecule has 2 aliphatic rings. The molecule has 1 heterocycles.